The molecule has 78 valence electrons. The lowest BCUT2D eigenvalue weighted by Gasteiger charge is -1.97. The molecule has 1 aromatic rings. The van der Waals surface area contributed by atoms with Gasteiger partial charge in [-0.3, -0.25) is 4.79 Å². The van der Waals surface area contributed by atoms with E-state index < -0.39 is 0 Å². The summed E-state index contributed by atoms with van der Waals surface area (Å²) in [5.74, 6) is 0.0121. The van der Waals surface area contributed by atoms with Gasteiger partial charge in [0.1, 0.15) is 0 Å². The smallest absolute Gasteiger partial charge is 0.244 e. The van der Waals surface area contributed by atoms with Gasteiger partial charge < -0.3 is 5.32 Å². The van der Waals surface area contributed by atoms with Crippen molar-refractivity contribution in [3.05, 3.63) is 41.5 Å². The first kappa shape index (κ1) is 9.97. The first-order valence-electron chi connectivity index (χ1n) is 5.29. The zero-order valence-corrected chi connectivity index (χ0v) is 8.86. The molecule has 1 N–H and O–H groups in total. The SMILES string of the molecule is Cc1ccc(/C=C/C(=O)NC2CC2)cc1. The van der Waals surface area contributed by atoms with Gasteiger partial charge in [0.05, 0.1) is 0 Å². The van der Waals surface area contributed by atoms with E-state index in [1.807, 2.05) is 37.3 Å². The fourth-order valence-electron chi connectivity index (χ4n) is 1.33. The highest BCUT2D eigenvalue weighted by Crippen LogP contribution is 2.18. The summed E-state index contributed by atoms with van der Waals surface area (Å²) in [7, 11) is 0. The first-order chi connectivity index (χ1) is 7.24. The number of carbonyl (C=O) groups is 1. The van der Waals surface area contributed by atoms with Crippen molar-refractivity contribution in [1.29, 1.82) is 0 Å². The van der Waals surface area contributed by atoms with Gasteiger partial charge in [-0.1, -0.05) is 29.8 Å². The number of nitrogens with one attached hydrogen (secondary N) is 1. The zero-order chi connectivity index (χ0) is 10.7. The van der Waals surface area contributed by atoms with E-state index >= 15 is 0 Å². The maximum Gasteiger partial charge on any atom is 0.244 e. The quantitative estimate of drug-likeness (QED) is 0.747. The Bertz CT molecular complexity index is 374. The van der Waals surface area contributed by atoms with Crippen molar-refractivity contribution < 1.29 is 4.79 Å². The van der Waals surface area contributed by atoms with E-state index in [1.54, 1.807) is 6.08 Å². The Morgan fingerprint density at radius 2 is 2.00 bits per heavy atom. The van der Waals surface area contributed by atoms with Crippen LogP contribution in [0.2, 0.25) is 0 Å². The van der Waals surface area contributed by atoms with Crippen molar-refractivity contribution in [3.63, 3.8) is 0 Å². The molecule has 0 radical (unpaired) electrons. The molecule has 15 heavy (non-hydrogen) atoms. The molecule has 0 spiro atoms. The second-order valence-electron chi connectivity index (χ2n) is 4.03. The van der Waals surface area contributed by atoms with Crippen molar-refractivity contribution in [2.75, 3.05) is 0 Å². The van der Waals surface area contributed by atoms with E-state index in [4.69, 9.17) is 0 Å². The van der Waals surface area contributed by atoms with Crippen LogP contribution in [0.3, 0.4) is 0 Å². The van der Waals surface area contributed by atoms with Gasteiger partial charge in [0.2, 0.25) is 5.91 Å². The number of carbonyl (C=O) groups excluding carboxylic acids is 1. The molecule has 1 aliphatic rings. The third-order valence-electron chi connectivity index (χ3n) is 2.43. The monoisotopic (exact) mass is 201 g/mol. The molecular weight excluding hydrogens is 186 g/mol. The number of aryl methyl sites for hydroxylation is 1. The summed E-state index contributed by atoms with van der Waals surface area (Å²) in [6.07, 6.45) is 5.70. The molecule has 1 aliphatic carbocycles. The standard InChI is InChI=1S/C13H15NO/c1-10-2-4-11(5-3-10)6-9-13(15)14-12-7-8-12/h2-6,9,12H,7-8H2,1H3,(H,14,15)/b9-6+. The van der Waals surface area contributed by atoms with Gasteiger partial charge in [-0.2, -0.15) is 0 Å². The lowest BCUT2D eigenvalue weighted by molar-refractivity contribution is -0.116. The zero-order valence-electron chi connectivity index (χ0n) is 8.86. The van der Waals surface area contributed by atoms with Gasteiger partial charge in [-0.05, 0) is 31.4 Å². The normalized spacial score (nSPS) is 15.5. The number of hydrogen-bond donors (Lipinski definition) is 1. The van der Waals surface area contributed by atoms with Crippen LogP contribution in [-0.4, -0.2) is 11.9 Å². The van der Waals surface area contributed by atoms with E-state index in [1.165, 1.54) is 5.56 Å². The lowest BCUT2D eigenvalue weighted by atomic mass is 10.1. The predicted molar refractivity (Wildman–Crippen MR) is 61.4 cm³/mol. The van der Waals surface area contributed by atoms with Gasteiger partial charge in [0.25, 0.3) is 0 Å². The Labute approximate surface area is 90.0 Å². The van der Waals surface area contributed by atoms with E-state index in [-0.39, 0.29) is 5.91 Å². The number of benzene rings is 1. The molecule has 2 heteroatoms. The van der Waals surface area contributed by atoms with Gasteiger partial charge >= 0.3 is 0 Å². The second-order valence-corrected chi connectivity index (χ2v) is 4.03. The topological polar surface area (TPSA) is 29.1 Å². The molecule has 2 nitrogen and oxygen atoms in total. The summed E-state index contributed by atoms with van der Waals surface area (Å²) in [5, 5.41) is 2.91. The Morgan fingerprint density at radius 1 is 1.33 bits per heavy atom. The lowest BCUT2D eigenvalue weighted by Crippen LogP contribution is -2.22. The molecular formula is C13H15NO. The van der Waals surface area contributed by atoms with Crippen LogP contribution < -0.4 is 5.32 Å². The van der Waals surface area contributed by atoms with Crippen LogP contribution in [0.25, 0.3) is 6.08 Å². The molecule has 1 fully saturated rings. The molecule has 1 aromatic carbocycles. The average molecular weight is 201 g/mol. The summed E-state index contributed by atoms with van der Waals surface area (Å²) in [6.45, 7) is 2.05. The van der Waals surface area contributed by atoms with Crippen molar-refractivity contribution in [3.8, 4) is 0 Å². The maximum absolute atomic E-state index is 11.3. The van der Waals surface area contributed by atoms with E-state index in [0.29, 0.717) is 6.04 Å². The minimum Gasteiger partial charge on any atom is -0.350 e. The minimum atomic E-state index is 0.0121. The largest absolute Gasteiger partial charge is 0.350 e. The fraction of sp³-hybridized carbons (Fsp3) is 0.308. The predicted octanol–water partition coefficient (Wildman–Crippen LogP) is 2.29. The van der Waals surface area contributed by atoms with Crippen molar-refractivity contribution in [2.24, 2.45) is 0 Å². The van der Waals surface area contributed by atoms with E-state index in [9.17, 15) is 4.79 Å². The third-order valence-corrected chi connectivity index (χ3v) is 2.43. The molecule has 0 bridgehead atoms. The van der Waals surface area contributed by atoms with Crippen molar-refractivity contribution in [2.45, 2.75) is 25.8 Å². The van der Waals surface area contributed by atoms with Crippen LogP contribution in [0, 0.1) is 6.92 Å². The van der Waals surface area contributed by atoms with E-state index in [0.717, 1.165) is 18.4 Å². The minimum absolute atomic E-state index is 0.0121. The molecule has 0 heterocycles. The second kappa shape index (κ2) is 4.30. The number of amides is 1. The maximum atomic E-state index is 11.3. The summed E-state index contributed by atoms with van der Waals surface area (Å²) >= 11 is 0. The van der Waals surface area contributed by atoms with Gasteiger partial charge in [0, 0.05) is 12.1 Å². The summed E-state index contributed by atoms with van der Waals surface area (Å²) in [6, 6.07) is 8.53. The molecule has 0 atom stereocenters. The van der Waals surface area contributed by atoms with Gasteiger partial charge in [-0.25, -0.2) is 0 Å². The summed E-state index contributed by atoms with van der Waals surface area (Å²) < 4.78 is 0. The highest BCUT2D eigenvalue weighted by atomic mass is 16.1. The highest BCUT2D eigenvalue weighted by molar-refractivity contribution is 5.92. The molecule has 2 rings (SSSR count). The first-order valence-corrected chi connectivity index (χ1v) is 5.29. The Kier molecular flexibility index (Phi) is 2.86. The molecule has 0 saturated heterocycles. The number of rotatable bonds is 3. The Hall–Kier alpha value is -1.57. The van der Waals surface area contributed by atoms with Crippen LogP contribution >= 0.6 is 0 Å². The summed E-state index contributed by atoms with van der Waals surface area (Å²) in [4.78, 5) is 11.3. The van der Waals surface area contributed by atoms with Crippen LogP contribution in [-0.2, 0) is 4.79 Å². The van der Waals surface area contributed by atoms with Crippen LogP contribution in [0.1, 0.15) is 24.0 Å². The van der Waals surface area contributed by atoms with Crippen LogP contribution in [0.4, 0.5) is 0 Å². The van der Waals surface area contributed by atoms with Crippen LogP contribution in [0.15, 0.2) is 30.3 Å². The Balaban J connectivity index is 1.91. The Morgan fingerprint density at radius 3 is 2.60 bits per heavy atom. The highest BCUT2D eigenvalue weighted by Gasteiger charge is 2.21. The van der Waals surface area contributed by atoms with Crippen molar-refractivity contribution in [1.82, 2.24) is 5.32 Å². The molecule has 0 aromatic heterocycles. The molecule has 0 unspecified atom stereocenters. The fourth-order valence-corrected chi connectivity index (χ4v) is 1.33. The molecule has 1 saturated carbocycles. The number of hydrogen-bond acceptors (Lipinski definition) is 1. The molecule has 1 amide bonds. The van der Waals surface area contributed by atoms with E-state index in [2.05, 4.69) is 5.32 Å². The third kappa shape index (κ3) is 3.24. The van der Waals surface area contributed by atoms with Crippen molar-refractivity contribution >= 4 is 12.0 Å². The van der Waals surface area contributed by atoms with Gasteiger partial charge in [-0.15, -0.1) is 0 Å². The molecule has 0 aliphatic heterocycles. The van der Waals surface area contributed by atoms with Gasteiger partial charge in [0.15, 0.2) is 0 Å². The van der Waals surface area contributed by atoms with Crippen LogP contribution in [0.5, 0.6) is 0 Å². The summed E-state index contributed by atoms with van der Waals surface area (Å²) in [5.41, 5.74) is 2.29. The average Bonchev–Trinajstić information content (AvgIpc) is 3.01.